The zero-order valence-corrected chi connectivity index (χ0v) is 17.3. The van der Waals surface area contributed by atoms with Crippen LogP contribution >= 0.6 is 11.8 Å². The maximum absolute atomic E-state index is 12.7. The fraction of sp³-hybridized carbons (Fsp3) is 0.0870. The van der Waals surface area contributed by atoms with Crippen LogP contribution in [0.5, 0.6) is 0 Å². The fourth-order valence-electron chi connectivity index (χ4n) is 2.98. The van der Waals surface area contributed by atoms with Crippen molar-refractivity contribution >= 4 is 35.0 Å². The lowest BCUT2D eigenvalue weighted by Crippen LogP contribution is -2.27. The minimum absolute atomic E-state index is 0.118. The second kappa shape index (κ2) is 8.93. The van der Waals surface area contributed by atoms with E-state index >= 15 is 0 Å². The van der Waals surface area contributed by atoms with Crippen molar-refractivity contribution in [2.75, 3.05) is 7.11 Å². The predicted octanol–water partition coefficient (Wildman–Crippen LogP) is 4.17. The van der Waals surface area contributed by atoms with Gasteiger partial charge in [0.25, 0.3) is 11.1 Å². The van der Waals surface area contributed by atoms with Gasteiger partial charge in [-0.2, -0.15) is 0 Å². The van der Waals surface area contributed by atoms with E-state index in [0.29, 0.717) is 21.9 Å². The molecule has 7 nitrogen and oxygen atoms in total. The van der Waals surface area contributed by atoms with Crippen LogP contribution in [-0.2, 0) is 16.1 Å². The molecular formula is C23H17N3O4S. The molecular weight excluding hydrogens is 414 g/mol. The highest BCUT2D eigenvalue weighted by atomic mass is 32.2. The summed E-state index contributed by atoms with van der Waals surface area (Å²) in [5, 5.41) is -0.352. The number of hydrogen-bond donors (Lipinski definition) is 0. The Morgan fingerprint density at radius 2 is 1.71 bits per heavy atom. The topological polar surface area (TPSA) is 89.5 Å². The Labute approximate surface area is 182 Å². The molecule has 0 unspecified atom stereocenters. The SMILES string of the molecule is COC(=O)c1ccc(CN2C(=O)S/C(=C/c3cnc(-c4ccccc4)nc3)C2=O)cc1. The average molecular weight is 431 g/mol. The molecule has 4 rings (SSSR count). The van der Waals surface area contributed by atoms with Gasteiger partial charge in [-0.25, -0.2) is 14.8 Å². The van der Waals surface area contributed by atoms with E-state index in [1.54, 1.807) is 42.7 Å². The summed E-state index contributed by atoms with van der Waals surface area (Å²) in [6, 6.07) is 16.1. The minimum atomic E-state index is -0.443. The Morgan fingerprint density at radius 3 is 2.35 bits per heavy atom. The van der Waals surface area contributed by atoms with Gasteiger partial charge in [0.15, 0.2) is 5.82 Å². The summed E-state index contributed by atoms with van der Waals surface area (Å²) in [5.41, 5.74) is 2.66. The highest BCUT2D eigenvalue weighted by Crippen LogP contribution is 2.33. The lowest BCUT2D eigenvalue weighted by atomic mass is 10.1. The van der Waals surface area contributed by atoms with Gasteiger partial charge in [0.2, 0.25) is 0 Å². The van der Waals surface area contributed by atoms with Crippen LogP contribution in [0.1, 0.15) is 21.5 Å². The summed E-state index contributed by atoms with van der Waals surface area (Å²) in [6.45, 7) is 0.118. The first-order valence-corrected chi connectivity index (χ1v) is 10.2. The maximum atomic E-state index is 12.7. The number of amides is 2. The van der Waals surface area contributed by atoms with E-state index in [4.69, 9.17) is 0 Å². The molecule has 2 aromatic carbocycles. The highest BCUT2D eigenvalue weighted by molar-refractivity contribution is 8.18. The number of aromatic nitrogens is 2. The molecule has 2 heterocycles. The Kier molecular flexibility index (Phi) is 5.90. The van der Waals surface area contributed by atoms with E-state index in [1.807, 2.05) is 30.3 Å². The molecule has 0 N–H and O–H groups in total. The van der Waals surface area contributed by atoms with Gasteiger partial charge in [-0.15, -0.1) is 0 Å². The van der Waals surface area contributed by atoms with Crippen LogP contribution in [0.25, 0.3) is 17.5 Å². The van der Waals surface area contributed by atoms with Gasteiger partial charge in [0.05, 0.1) is 24.1 Å². The lowest BCUT2D eigenvalue weighted by Gasteiger charge is -2.12. The minimum Gasteiger partial charge on any atom is -0.465 e. The number of carbonyl (C=O) groups excluding carboxylic acids is 3. The lowest BCUT2D eigenvalue weighted by molar-refractivity contribution is -0.123. The monoisotopic (exact) mass is 431 g/mol. The van der Waals surface area contributed by atoms with Crippen LogP contribution < -0.4 is 0 Å². The average Bonchev–Trinajstić information content (AvgIpc) is 3.07. The largest absolute Gasteiger partial charge is 0.465 e. The van der Waals surface area contributed by atoms with Gasteiger partial charge in [0.1, 0.15) is 0 Å². The van der Waals surface area contributed by atoms with Gasteiger partial charge in [-0.3, -0.25) is 14.5 Å². The third-order valence-corrected chi connectivity index (χ3v) is 5.50. The van der Waals surface area contributed by atoms with Crippen LogP contribution in [0, 0.1) is 0 Å². The zero-order chi connectivity index (χ0) is 21.8. The van der Waals surface area contributed by atoms with Crippen LogP contribution in [0.4, 0.5) is 4.79 Å². The number of nitrogens with zero attached hydrogens (tertiary/aromatic N) is 3. The van der Waals surface area contributed by atoms with Gasteiger partial charge in [0, 0.05) is 23.5 Å². The van der Waals surface area contributed by atoms with Gasteiger partial charge in [-0.1, -0.05) is 42.5 Å². The van der Waals surface area contributed by atoms with E-state index < -0.39 is 5.97 Å². The summed E-state index contributed by atoms with van der Waals surface area (Å²) < 4.78 is 4.67. The second-order valence-electron chi connectivity index (χ2n) is 6.66. The summed E-state index contributed by atoms with van der Waals surface area (Å²) in [7, 11) is 1.31. The molecule has 0 bridgehead atoms. The first-order valence-electron chi connectivity index (χ1n) is 9.35. The third kappa shape index (κ3) is 4.54. The Bertz CT molecular complexity index is 1160. The molecule has 1 fully saturated rings. The van der Waals surface area contributed by atoms with Crippen LogP contribution in [0.15, 0.2) is 71.9 Å². The van der Waals surface area contributed by atoms with E-state index in [-0.39, 0.29) is 17.7 Å². The first-order chi connectivity index (χ1) is 15.0. The van der Waals surface area contributed by atoms with Gasteiger partial charge >= 0.3 is 5.97 Å². The van der Waals surface area contributed by atoms with E-state index in [1.165, 1.54) is 12.0 Å². The molecule has 1 saturated heterocycles. The molecule has 0 atom stereocenters. The van der Waals surface area contributed by atoms with Crippen molar-refractivity contribution in [3.8, 4) is 11.4 Å². The van der Waals surface area contributed by atoms with E-state index in [9.17, 15) is 14.4 Å². The second-order valence-corrected chi connectivity index (χ2v) is 7.66. The number of methoxy groups -OCH3 is 1. The zero-order valence-electron chi connectivity index (χ0n) is 16.5. The number of carbonyl (C=O) groups is 3. The molecule has 31 heavy (non-hydrogen) atoms. The molecule has 0 radical (unpaired) electrons. The standard InChI is InChI=1S/C23H17N3O4S/c1-30-22(28)18-9-7-15(8-10-18)14-26-21(27)19(31-23(26)29)11-16-12-24-20(25-13-16)17-5-3-2-4-6-17/h2-13H,14H2,1H3/b19-11+. The van der Waals surface area contributed by atoms with Crippen molar-refractivity contribution in [2.24, 2.45) is 0 Å². The van der Waals surface area contributed by atoms with Crippen LogP contribution in [0.3, 0.4) is 0 Å². The number of hydrogen-bond acceptors (Lipinski definition) is 7. The van der Waals surface area contributed by atoms with Gasteiger partial charge < -0.3 is 4.74 Å². The molecule has 3 aromatic rings. The van der Waals surface area contributed by atoms with E-state index in [2.05, 4.69) is 14.7 Å². The molecule has 0 spiro atoms. The van der Waals surface area contributed by atoms with Crippen molar-refractivity contribution in [2.45, 2.75) is 6.54 Å². The fourth-order valence-corrected chi connectivity index (χ4v) is 3.82. The van der Waals surface area contributed by atoms with Crippen molar-refractivity contribution in [1.82, 2.24) is 14.9 Å². The molecule has 1 aliphatic rings. The van der Waals surface area contributed by atoms with Crippen molar-refractivity contribution in [3.05, 3.63) is 88.6 Å². The van der Waals surface area contributed by atoms with Crippen LogP contribution in [0.2, 0.25) is 0 Å². The quantitative estimate of drug-likeness (QED) is 0.442. The summed E-state index contributed by atoms with van der Waals surface area (Å²) in [6.07, 6.45) is 4.85. The first kappa shape index (κ1) is 20.5. The molecule has 154 valence electrons. The normalized spacial score (nSPS) is 14.9. The Hall–Kier alpha value is -3.78. The van der Waals surface area contributed by atoms with Crippen LogP contribution in [-0.4, -0.2) is 39.1 Å². The van der Waals surface area contributed by atoms with Crippen molar-refractivity contribution < 1.29 is 19.1 Å². The summed E-state index contributed by atoms with van der Waals surface area (Å²) in [4.78, 5) is 46.8. The third-order valence-electron chi connectivity index (χ3n) is 4.59. The Morgan fingerprint density at radius 1 is 1.03 bits per heavy atom. The molecule has 0 saturated carbocycles. The number of benzene rings is 2. The predicted molar refractivity (Wildman–Crippen MR) is 117 cm³/mol. The Balaban J connectivity index is 1.47. The molecule has 0 aliphatic carbocycles. The van der Waals surface area contributed by atoms with E-state index in [0.717, 1.165) is 22.9 Å². The number of thioether (sulfide) groups is 1. The van der Waals surface area contributed by atoms with Crippen molar-refractivity contribution in [3.63, 3.8) is 0 Å². The van der Waals surface area contributed by atoms with Crippen molar-refractivity contribution in [1.29, 1.82) is 0 Å². The number of imide groups is 1. The summed E-state index contributed by atoms with van der Waals surface area (Å²) in [5.74, 6) is -0.235. The maximum Gasteiger partial charge on any atom is 0.337 e. The molecule has 8 heteroatoms. The molecule has 2 amide bonds. The number of esters is 1. The number of rotatable bonds is 5. The molecule has 1 aromatic heterocycles. The highest BCUT2D eigenvalue weighted by Gasteiger charge is 2.35. The molecule has 1 aliphatic heterocycles. The summed E-state index contributed by atoms with van der Waals surface area (Å²) >= 11 is 0.877. The number of ether oxygens (including phenoxy) is 1. The smallest absolute Gasteiger partial charge is 0.337 e. The van der Waals surface area contributed by atoms with Gasteiger partial charge in [-0.05, 0) is 35.5 Å².